The van der Waals surface area contributed by atoms with Crippen LogP contribution in [0.5, 0.6) is 0 Å². The number of aryl methyl sites for hydroxylation is 2. The molecule has 2 fully saturated rings. The second kappa shape index (κ2) is 11.0. The predicted molar refractivity (Wildman–Crippen MR) is 128 cm³/mol. The van der Waals surface area contributed by atoms with Crippen molar-refractivity contribution in [3.8, 4) is 10.4 Å². The van der Waals surface area contributed by atoms with E-state index < -0.39 is 0 Å². The predicted octanol–water partition coefficient (Wildman–Crippen LogP) is 4.88. The molecule has 0 atom stereocenters. The van der Waals surface area contributed by atoms with Crippen LogP contribution in [-0.2, 0) is 13.0 Å². The van der Waals surface area contributed by atoms with Gasteiger partial charge in [0.1, 0.15) is 0 Å². The van der Waals surface area contributed by atoms with E-state index in [1.165, 1.54) is 67.2 Å². The average molecular weight is 458 g/mol. The maximum absolute atomic E-state index is 12.0. The number of hydrogen-bond donors (Lipinski definition) is 1. The molecule has 0 aromatic carbocycles. The standard InChI is InChI=1S/C22H31N3OS.2ClH/c1-3-17-14-20(16(2)23-22(17)26)21-7-6-19(27-21)15-24-12-8-18(9-13-24)25-10-4-5-11-25;;/h6-7,14,18H,3-5,8-13,15H2,1-2H3,(H,23,26);2*1H. The monoisotopic (exact) mass is 457 g/mol. The lowest BCUT2D eigenvalue weighted by Gasteiger charge is -2.36. The van der Waals surface area contributed by atoms with Crippen LogP contribution in [0, 0.1) is 6.92 Å². The van der Waals surface area contributed by atoms with Gasteiger partial charge in [0.2, 0.25) is 0 Å². The number of likely N-dealkylation sites (tertiary alicyclic amines) is 2. The van der Waals surface area contributed by atoms with E-state index in [1.54, 1.807) is 0 Å². The first-order chi connectivity index (χ1) is 13.1. The van der Waals surface area contributed by atoms with Gasteiger partial charge in [-0.2, -0.15) is 0 Å². The summed E-state index contributed by atoms with van der Waals surface area (Å²) in [6, 6.07) is 7.38. The number of rotatable bonds is 5. The fourth-order valence-electron chi connectivity index (χ4n) is 4.56. The van der Waals surface area contributed by atoms with Gasteiger partial charge in [-0.3, -0.25) is 9.69 Å². The van der Waals surface area contributed by atoms with Gasteiger partial charge >= 0.3 is 0 Å². The molecule has 2 aliphatic rings. The Morgan fingerprint density at radius 3 is 2.45 bits per heavy atom. The third-order valence-corrected chi connectivity index (χ3v) is 7.32. The van der Waals surface area contributed by atoms with Gasteiger partial charge in [-0.25, -0.2) is 0 Å². The van der Waals surface area contributed by atoms with Gasteiger partial charge in [-0.1, -0.05) is 6.92 Å². The second-order valence-electron chi connectivity index (χ2n) is 8.03. The van der Waals surface area contributed by atoms with Crippen LogP contribution in [0.2, 0.25) is 0 Å². The number of nitrogens with one attached hydrogen (secondary N) is 1. The first-order valence-corrected chi connectivity index (χ1v) is 11.2. The van der Waals surface area contributed by atoms with Crippen LogP contribution in [0.25, 0.3) is 10.4 Å². The Morgan fingerprint density at radius 2 is 1.79 bits per heavy atom. The molecule has 0 spiro atoms. The van der Waals surface area contributed by atoms with Gasteiger partial charge in [0, 0.05) is 52.3 Å². The number of hydrogen-bond acceptors (Lipinski definition) is 4. The molecule has 2 aromatic heterocycles. The lowest BCUT2D eigenvalue weighted by atomic mass is 10.0. The molecule has 1 N–H and O–H groups in total. The van der Waals surface area contributed by atoms with E-state index in [-0.39, 0.29) is 30.4 Å². The zero-order chi connectivity index (χ0) is 18.8. The highest BCUT2D eigenvalue weighted by molar-refractivity contribution is 7.15. The van der Waals surface area contributed by atoms with E-state index in [9.17, 15) is 4.79 Å². The molecule has 2 saturated heterocycles. The van der Waals surface area contributed by atoms with Gasteiger partial charge in [0.15, 0.2) is 0 Å². The highest BCUT2D eigenvalue weighted by Crippen LogP contribution is 2.31. The minimum absolute atomic E-state index is 0. The van der Waals surface area contributed by atoms with Gasteiger partial charge in [-0.05, 0) is 70.3 Å². The van der Waals surface area contributed by atoms with Gasteiger partial charge < -0.3 is 9.88 Å². The summed E-state index contributed by atoms with van der Waals surface area (Å²) < 4.78 is 0. The van der Waals surface area contributed by atoms with Gasteiger partial charge in [-0.15, -0.1) is 36.2 Å². The van der Waals surface area contributed by atoms with E-state index in [2.05, 4.69) is 33.0 Å². The molecule has 29 heavy (non-hydrogen) atoms. The smallest absolute Gasteiger partial charge is 0.251 e. The molecular formula is C22H33Cl2N3OS. The first kappa shape index (κ1) is 24.4. The Balaban J connectivity index is 0.00000150. The molecule has 0 radical (unpaired) electrons. The fourth-order valence-corrected chi connectivity index (χ4v) is 5.69. The van der Waals surface area contributed by atoms with Crippen molar-refractivity contribution < 1.29 is 0 Å². The molecule has 162 valence electrons. The van der Waals surface area contributed by atoms with E-state index in [0.717, 1.165) is 30.3 Å². The van der Waals surface area contributed by atoms with Crippen molar-refractivity contribution in [2.45, 2.75) is 58.5 Å². The summed E-state index contributed by atoms with van der Waals surface area (Å²) in [5.41, 5.74) is 3.07. The molecule has 4 rings (SSSR count). The Labute approximate surface area is 190 Å². The number of nitrogens with zero attached hydrogens (tertiary/aromatic N) is 2. The number of thiophene rings is 1. The number of H-pyrrole nitrogens is 1. The van der Waals surface area contributed by atoms with Crippen molar-refractivity contribution in [3.05, 3.63) is 44.7 Å². The molecular weight excluding hydrogens is 425 g/mol. The van der Waals surface area contributed by atoms with E-state index in [0.29, 0.717) is 0 Å². The van der Waals surface area contributed by atoms with Crippen LogP contribution < -0.4 is 5.56 Å². The van der Waals surface area contributed by atoms with Crippen molar-refractivity contribution in [3.63, 3.8) is 0 Å². The average Bonchev–Trinajstić information content (AvgIpc) is 3.35. The number of halogens is 2. The number of piperidine rings is 1. The molecule has 2 aromatic rings. The normalized spacial score (nSPS) is 18.4. The third-order valence-electron chi connectivity index (χ3n) is 6.22. The molecule has 4 nitrogen and oxygen atoms in total. The van der Waals surface area contributed by atoms with Crippen LogP contribution in [0.1, 0.15) is 48.7 Å². The van der Waals surface area contributed by atoms with E-state index in [4.69, 9.17) is 0 Å². The maximum Gasteiger partial charge on any atom is 0.251 e. The summed E-state index contributed by atoms with van der Waals surface area (Å²) in [6.45, 7) is 10.2. The lowest BCUT2D eigenvalue weighted by molar-refractivity contribution is 0.123. The summed E-state index contributed by atoms with van der Waals surface area (Å²) in [5, 5.41) is 0. The van der Waals surface area contributed by atoms with Crippen LogP contribution >= 0.6 is 36.2 Å². The Morgan fingerprint density at radius 1 is 1.10 bits per heavy atom. The molecule has 2 aliphatic heterocycles. The number of pyridine rings is 1. The highest BCUT2D eigenvalue weighted by atomic mass is 35.5. The van der Waals surface area contributed by atoms with Gasteiger partial charge in [0.05, 0.1) is 0 Å². The van der Waals surface area contributed by atoms with Gasteiger partial charge in [0.25, 0.3) is 5.56 Å². The first-order valence-electron chi connectivity index (χ1n) is 10.4. The molecule has 7 heteroatoms. The lowest BCUT2D eigenvalue weighted by Crippen LogP contribution is -2.43. The van der Waals surface area contributed by atoms with Crippen LogP contribution in [0.3, 0.4) is 0 Å². The highest BCUT2D eigenvalue weighted by Gasteiger charge is 2.26. The van der Waals surface area contributed by atoms with Crippen molar-refractivity contribution in [2.24, 2.45) is 0 Å². The Kier molecular flexibility index (Phi) is 9.23. The van der Waals surface area contributed by atoms with Crippen LogP contribution in [0.15, 0.2) is 23.0 Å². The molecule has 0 aliphatic carbocycles. The van der Waals surface area contributed by atoms with Crippen molar-refractivity contribution in [1.29, 1.82) is 0 Å². The van der Waals surface area contributed by atoms with Crippen LogP contribution in [0.4, 0.5) is 0 Å². The molecule has 4 heterocycles. The molecule has 0 bridgehead atoms. The van der Waals surface area contributed by atoms with Crippen LogP contribution in [-0.4, -0.2) is 47.0 Å². The Bertz CT molecular complexity index is 837. The molecule has 0 amide bonds. The minimum atomic E-state index is 0. The molecule has 0 saturated carbocycles. The topological polar surface area (TPSA) is 39.3 Å². The van der Waals surface area contributed by atoms with Crippen molar-refractivity contribution in [1.82, 2.24) is 14.8 Å². The summed E-state index contributed by atoms with van der Waals surface area (Å²) in [7, 11) is 0. The minimum Gasteiger partial charge on any atom is -0.326 e. The van der Waals surface area contributed by atoms with Crippen molar-refractivity contribution >= 4 is 36.2 Å². The Hall–Kier alpha value is -0.850. The maximum atomic E-state index is 12.0. The SMILES string of the molecule is CCc1cc(-c2ccc(CN3CCC(N4CCCC4)CC3)s2)c(C)[nH]c1=O.Cl.Cl. The summed E-state index contributed by atoms with van der Waals surface area (Å²) in [6.07, 6.45) is 6.19. The summed E-state index contributed by atoms with van der Waals surface area (Å²) in [5.74, 6) is 0. The largest absolute Gasteiger partial charge is 0.326 e. The number of aromatic amines is 1. The third kappa shape index (κ3) is 5.65. The van der Waals surface area contributed by atoms with E-state index >= 15 is 0 Å². The quantitative estimate of drug-likeness (QED) is 0.695. The van der Waals surface area contributed by atoms with Crippen molar-refractivity contribution in [2.75, 3.05) is 26.2 Å². The second-order valence-corrected chi connectivity index (χ2v) is 9.20. The summed E-state index contributed by atoms with van der Waals surface area (Å²) in [4.78, 5) is 23.0. The van der Waals surface area contributed by atoms with E-state index in [1.807, 2.05) is 25.2 Å². The fraction of sp³-hybridized carbons (Fsp3) is 0.591. The zero-order valence-electron chi connectivity index (χ0n) is 17.4. The summed E-state index contributed by atoms with van der Waals surface area (Å²) >= 11 is 1.87. The molecule has 0 unspecified atom stereocenters. The zero-order valence-corrected chi connectivity index (χ0v) is 19.9. The number of aromatic nitrogens is 1.